The van der Waals surface area contributed by atoms with Crippen molar-refractivity contribution in [2.24, 2.45) is 5.73 Å². The van der Waals surface area contributed by atoms with Crippen molar-refractivity contribution in [3.05, 3.63) is 24.3 Å². The van der Waals surface area contributed by atoms with Gasteiger partial charge in [-0.3, -0.25) is 4.79 Å². The first kappa shape index (κ1) is 15.9. The molecule has 0 fully saturated rings. The molecular formula is C14H22N2O2S. The van der Waals surface area contributed by atoms with Crippen LogP contribution >= 0.6 is 11.8 Å². The van der Waals surface area contributed by atoms with Gasteiger partial charge in [0.2, 0.25) is 5.91 Å². The van der Waals surface area contributed by atoms with Crippen LogP contribution in [0.15, 0.2) is 29.2 Å². The third kappa shape index (κ3) is 4.76. The lowest BCUT2D eigenvalue weighted by molar-refractivity contribution is -0.123. The number of primary amides is 1. The first-order chi connectivity index (χ1) is 8.87. The van der Waals surface area contributed by atoms with Crippen LogP contribution in [0.5, 0.6) is 5.75 Å². The minimum absolute atomic E-state index is 0.198. The second-order valence-electron chi connectivity index (χ2n) is 4.96. The molecule has 1 rings (SSSR count). The molecule has 0 saturated heterocycles. The number of rotatable bonds is 7. The molecule has 1 unspecified atom stereocenters. The summed E-state index contributed by atoms with van der Waals surface area (Å²) >= 11 is 1.58. The fourth-order valence-corrected chi connectivity index (χ4v) is 2.79. The van der Waals surface area contributed by atoms with Crippen molar-refractivity contribution in [2.45, 2.75) is 37.2 Å². The van der Waals surface area contributed by atoms with Gasteiger partial charge >= 0.3 is 0 Å². The first-order valence-corrected chi connectivity index (χ1v) is 7.20. The number of methoxy groups -OCH3 is 1. The molecule has 5 heteroatoms. The number of benzene rings is 1. The number of hydrogen-bond acceptors (Lipinski definition) is 4. The number of thioether (sulfide) groups is 1. The van der Waals surface area contributed by atoms with Gasteiger partial charge in [0, 0.05) is 16.7 Å². The van der Waals surface area contributed by atoms with Crippen molar-refractivity contribution in [2.75, 3.05) is 12.9 Å². The maximum atomic E-state index is 11.6. The summed E-state index contributed by atoms with van der Waals surface area (Å²) in [7, 11) is 1.64. The van der Waals surface area contributed by atoms with Gasteiger partial charge in [-0.05, 0) is 39.0 Å². The van der Waals surface area contributed by atoms with Crippen LogP contribution in [0, 0.1) is 0 Å². The second-order valence-corrected chi connectivity index (χ2v) is 6.01. The first-order valence-electron chi connectivity index (χ1n) is 6.22. The van der Waals surface area contributed by atoms with E-state index in [1.807, 2.05) is 45.0 Å². The number of amides is 1. The Morgan fingerprint density at radius 1 is 1.53 bits per heavy atom. The smallest absolute Gasteiger partial charge is 0.238 e. The third-order valence-corrected chi connectivity index (χ3v) is 4.03. The fraction of sp³-hybridized carbons (Fsp3) is 0.500. The molecular weight excluding hydrogens is 260 g/mol. The molecule has 1 atom stereocenters. The molecule has 0 aliphatic rings. The standard InChI is InChI=1S/C14H22N2O2S/c1-10(2)16-14(3,13(15)17)9-19-12-7-5-6-11(8-12)18-4/h5-8,10,16H,9H2,1-4H3,(H2,15,17). The van der Waals surface area contributed by atoms with Gasteiger partial charge < -0.3 is 15.8 Å². The summed E-state index contributed by atoms with van der Waals surface area (Å²) < 4.78 is 5.18. The molecule has 0 aliphatic heterocycles. The van der Waals surface area contributed by atoms with Gasteiger partial charge in [-0.15, -0.1) is 11.8 Å². The van der Waals surface area contributed by atoms with E-state index in [1.54, 1.807) is 18.9 Å². The van der Waals surface area contributed by atoms with E-state index < -0.39 is 5.54 Å². The third-order valence-electron chi connectivity index (χ3n) is 2.72. The van der Waals surface area contributed by atoms with Crippen LogP contribution in [-0.2, 0) is 4.79 Å². The van der Waals surface area contributed by atoms with Crippen LogP contribution < -0.4 is 15.8 Å². The van der Waals surface area contributed by atoms with Gasteiger partial charge in [-0.25, -0.2) is 0 Å². The molecule has 0 heterocycles. The Morgan fingerprint density at radius 3 is 2.74 bits per heavy atom. The van der Waals surface area contributed by atoms with Gasteiger partial charge in [0.25, 0.3) is 0 Å². The molecule has 4 nitrogen and oxygen atoms in total. The molecule has 3 N–H and O–H groups in total. The molecule has 1 aromatic carbocycles. The Morgan fingerprint density at radius 2 is 2.21 bits per heavy atom. The van der Waals surface area contributed by atoms with Crippen molar-refractivity contribution >= 4 is 17.7 Å². The molecule has 0 bridgehead atoms. The number of hydrogen-bond donors (Lipinski definition) is 2. The normalized spacial score (nSPS) is 14.2. The highest BCUT2D eigenvalue weighted by Gasteiger charge is 2.31. The van der Waals surface area contributed by atoms with Crippen LogP contribution in [0.25, 0.3) is 0 Å². The van der Waals surface area contributed by atoms with Crippen molar-refractivity contribution < 1.29 is 9.53 Å². The van der Waals surface area contributed by atoms with Gasteiger partial charge in [0.15, 0.2) is 0 Å². The average molecular weight is 282 g/mol. The summed E-state index contributed by atoms with van der Waals surface area (Å²) in [6.07, 6.45) is 0. The van der Waals surface area contributed by atoms with Gasteiger partial charge in [0.05, 0.1) is 7.11 Å². The predicted molar refractivity (Wildman–Crippen MR) is 79.6 cm³/mol. The SMILES string of the molecule is COc1cccc(SCC(C)(NC(C)C)C(N)=O)c1. The summed E-state index contributed by atoms with van der Waals surface area (Å²) in [4.78, 5) is 12.7. The topological polar surface area (TPSA) is 64.3 Å². The number of nitrogens with one attached hydrogen (secondary N) is 1. The van der Waals surface area contributed by atoms with E-state index in [2.05, 4.69) is 5.32 Å². The maximum absolute atomic E-state index is 11.6. The van der Waals surface area contributed by atoms with E-state index in [0.717, 1.165) is 10.6 Å². The summed E-state index contributed by atoms with van der Waals surface area (Å²) in [5.41, 5.74) is 4.78. The van der Waals surface area contributed by atoms with Gasteiger partial charge in [0.1, 0.15) is 11.3 Å². The number of carbonyl (C=O) groups excluding carboxylic acids is 1. The largest absolute Gasteiger partial charge is 0.497 e. The highest BCUT2D eigenvalue weighted by Crippen LogP contribution is 2.26. The molecule has 0 aliphatic carbocycles. The zero-order chi connectivity index (χ0) is 14.5. The van der Waals surface area contributed by atoms with Crippen molar-refractivity contribution in [3.8, 4) is 5.75 Å². The lowest BCUT2D eigenvalue weighted by Gasteiger charge is -2.29. The zero-order valence-electron chi connectivity index (χ0n) is 11.9. The van der Waals surface area contributed by atoms with Crippen molar-refractivity contribution in [1.29, 1.82) is 0 Å². The second kappa shape index (κ2) is 6.82. The van der Waals surface area contributed by atoms with Crippen LogP contribution in [-0.4, -0.2) is 30.4 Å². The van der Waals surface area contributed by atoms with Crippen LogP contribution in [0.1, 0.15) is 20.8 Å². The number of ether oxygens (including phenoxy) is 1. The summed E-state index contributed by atoms with van der Waals surface area (Å²) in [6.45, 7) is 5.83. The van der Waals surface area contributed by atoms with Gasteiger partial charge in [-0.1, -0.05) is 6.07 Å². The van der Waals surface area contributed by atoms with E-state index in [4.69, 9.17) is 10.5 Å². The zero-order valence-corrected chi connectivity index (χ0v) is 12.7. The molecule has 19 heavy (non-hydrogen) atoms. The number of carbonyl (C=O) groups is 1. The monoisotopic (exact) mass is 282 g/mol. The van der Waals surface area contributed by atoms with E-state index in [-0.39, 0.29) is 11.9 Å². The van der Waals surface area contributed by atoms with Gasteiger partial charge in [-0.2, -0.15) is 0 Å². The Balaban J connectivity index is 2.73. The maximum Gasteiger partial charge on any atom is 0.238 e. The van der Waals surface area contributed by atoms with E-state index >= 15 is 0 Å². The average Bonchev–Trinajstić information content (AvgIpc) is 2.35. The Labute approximate surface area is 119 Å². The summed E-state index contributed by atoms with van der Waals surface area (Å²) in [6, 6.07) is 7.96. The van der Waals surface area contributed by atoms with Crippen molar-refractivity contribution in [3.63, 3.8) is 0 Å². The van der Waals surface area contributed by atoms with Crippen molar-refractivity contribution in [1.82, 2.24) is 5.32 Å². The molecule has 1 amide bonds. The summed E-state index contributed by atoms with van der Waals surface area (Å²) in [5.74, 6) is 1.05. The predicted octanol–water partition coefficient (Wildman–Crippen LogP) is 2.03. The Bertz CT molecular complexity index is 437. The Kier molecular flexibility index (Phi) is 5.69. The van der Waals surface area contributed by atoms with E-state index in [0.29, 0.717) is 5.75 Å². The molecule has 0 saturated carbocycles. The highest BCUT2D eigenvalue weighted by atomic mass is 32.2. The highest BCUT2D eigenvalue weighted by molar-refractivity contribution is 7.99. The lowest BCUT2D eigenvalue weighted by Crippen LogP contribution is -2.57. The summed E-state index contributed by atoms with van der Waals surface area (Å²) in [5, 5.41) is 3.23. The minimum atomic E-state index is -0.720. The molecule has 1 aromatic rings. The van der Waals surface area contributed by atoms with Crippen LogP contribution in [0.2, 0.25) is 0 Å². The quantitative estimate of drug-likeness (QED) is 0.751. The Hall–Kier alpha value is -1.20. The lowest BCUT2D eigenvalue weighted by atomic mass is 10.0. The fourth-order valence-electron chi connectivity index (χ4n) is 1.74. The van der Waals surface area contributed by atoms with E-state index in [1.165, 1.54) is 0 Å². The molecule has 0 aromatic heterocycles. The van der Waals surface area contributed by atoms with Crippen LogP contribution in [0.3, 0.4) is 0 Å². The minimum Gasteiger partial charge on any atom is -0.497 e. The van der Waals surface area contributed by atoms with Crippen LogP contribution in [0.4, 0.5) is 0 Å². The molecule has 106 valence electrons. The van der Waals surface area contributed by atoms with E-state index in [9.17, 15) is 4.79 Å². The number of nitrogens with two attached hydrogens (primary N) is 1. The molecule has 0 radical (unpaired) electrons. The molecule has 0 spiro atoms.